The van der Waals surface area contributed by atoms with Gasteiger partial charge in [-0.05, 0) is 44.9 Å². The minimum Gasteiger partial charge on any atom is -0.381 e. The normalized spacial score (nSPS) is 48.8. The van der Waals surface area contributed by atoms with E-state index in [0.717, 1.165) is 18.1 Å². The van der Waals surface area contributed by atoms with Crippen molar-refractivity contribution in [1.82, 2.24) is 4.90 Å². The molecular formula is C13H24N2O. The predicted octanol–water partition coefficient (Wildman–Crippen LogP) is 1.51. The minimum atomic E-state index is 0.466. The van der Waals surface area contributed by atoms with E-state index < -0.39 is 0 Å². The number of nitrogens with zero attached hydrogens (tertiary/aromatic N) is 1. The van der Waals surface area contributed by atoms with Crippen LogP contribution in [0.2, 0.25) is 0 Å². The molecule has 0 amide bonds. The van der Waals surface area contributed by atoms with Crippen LogP contribution in [0.15, 0.2) is 0 Å². The van der Waals surface area contributed by atoms with Crippen LogP contribution in [0.1, 0.15) is 44.9 Å². The van der Waals surface area contributed by atoms with E-state index in [1.54, 1.807) is 0 Å². The lowest BCUT2D eigenvalue weighted by molar-refractivity contribution is 0.0600. The number of ether oxygens (including phenoxy) is 1. The van der Waals surface area contributed by atoms with E-state index >= 15 is 0 Å². The second-order valence-corrected chi connectivity index (χ2v) is 5.89. The summed E-state index contributed by atoms with van der Waals surface area (Å²) in [6, 6.07) is 2.83. The Morgan fingerprint density at radius 3 is 2.06 bits per heavy atom. The van der Waals surface area contributed by atoms with Gasteiger partial charge in [0, 0.05) is 31.3 Å². The van der Waals surface area contributed by atoms with E-state index in [0.29, 0.717) is 12.1 Å². The minimum absolute atomic E-state index is 0.466. The van der Waals surface area contributed by atoms with Crippen LogP contribution in [-0.4, -0.2) is 42.3 Å². The molecule has 0 spiro atoms. The summed E-state index contributed by atoms with van der Waals surface area (Å²) in [6.45, 7) is 0. The van der Waals surface area contributed by atoms with E-state index in [-0.39, 0.29) is 0 Å². The van der Waals surface area contributed by atoms with Crippen LogP contribution in [0.5, 0.6) is 0 Å². The molecule has 0 aromatic rings. The molecule has 0 aromatic carbocycles. The Bertz CT molecular complexity index is 244. The third-order valence-corrected chi connectivity index (χ3v) is 4.94. The van der Waals surface area contributed by atoms with E-state index in [4.69, 9.17) is 10.5 Å². The molecule has 3 heteroatoms. The Labute approximate surface area is 98.3 Å². The highest BCUT2D eigenvalue weighted by Crippen LogP contribution is 2.40. The molecule has 2 saturated heterocycles. The van der Waals surface area contributed by atoms with Crippen LogP contribution < -0.4 is 5.73 Å². The number of nitrogens with two attached hydrogens (primary N) is 1. The molecule has 1 saturated carbocycles. The van der Waals surface area contributed by atoms with Crippen molar-refractivity contribution < 1.29 is 4.74 Å². The fraction of sp³-hybridized carbons (Fsp3) is 1.00. The van der Waals surface area contributed by atoms with Crippen LogP contribution in [0, 0.1) is 0 Å². The molecule has 3 aliphatic rings. The maximum Gasteiger partial charge on any atom is 0.0586 e. The zero-order valence-corrected chi connectivity index (χ0v) is 10.3. The van der Waals surface area contributed by atoms with Gasteiger partial charge in [-0.25, -0.2) is 0 Å². The van der Waals surface area contributed by atoms with Gasteiger partial charge in [-0.1, -0.05) is 0 Å². The van der Waals surface area contributed by atoms with Crippen molar-refractivity contribution in [2.24, 2.45) is 5.73 Å². The summed E-state index contributed by atoms with van der Waals surface area (Å²) in [5.74, 6) is 0. The van der Waals surface area contributed by atoms with Crippen molar-refractivity contribution in [3.8, 4) is 0 Å². The second kappa shape index (κ2) is 4.28. The first kappa shape index (κ1) is 11.0. The van der Waals surface area contributed by atoms with Crippen LogP contribution in [0.3, 0.4) is 0 Å². The van der Waals surface area contributed by atoms with Crippen molar-refractivity contribution in [2.75, 3.05) is 7.11 Å². The van der Waals surface area contributed by atoms with Gasteiger partial charge < -0.3 is 10.5 Å². The summed E-state index contributed by atoms with van der Waals surface area (Å²) in [5.41, 5.74) is 6.12. The maximum atomic E-state index is 6.12. The standard InChI is InChI=1S/C13H24N2O/c1-16-13-5-4-12(8-13)15-10-2-3-11(15)7-9(14)6-10/h9-13H,2-8,14H2,1H3. The van der Waals surface area contributed by atoms with Gasteiger partial charge in [0.15, 0.2) is 0 Å². The topological polar surface area (TPSA) is 38.5 Å². The fourth-order valence-corrected chi connectivity index (χ4v) is 4.25. The Hall–Kier alpha value is -0.120. The zero-order chi connectivity index (χ0) is 11.1. The molecule has 0 aromatic heterocycles. The average Bonchev–Trinajstić information content (AvgIpc) is 2.81. The Morgan fingerprint density at radius 2 is 1.50 bits per heavy atom. The summed E-state index contributed by atoms with van der Waals surface area (Å²) in [5, 5.41) is 0. The molecule has 3 nitrogen and oxygen atoms in total. The summed E-state index contributed by atoms with van der Waals surface area (Å²) in [4.78, 5) is 2.81. The monoisotopic (exact) mass is 224 g/mol. The van der Waals surface area contributed by atoms with Crippen molar-refractivity contribution in [1.29, 1.82) is 0 Å². The van der Waals surface area contributed by atoms with Crippen LogP contribution in [0.25, 0.3) is 0 Å². The summed E-state index contributed by atoms with van der Waals surface area (Å²) in [7, 11) is 1.85. The fourth-order valence-electron chi connectivity index (χ4n) is 4.25. The number of hydrogen-bond donors (Lipinski definition) is 1. The summed E-state index contributed by atoms with van der Waals surface area (Å²) < 4.78 is 5.49. The van der Waals surface area contributed by atoms with Gasteiger partial charge in [-0.3, -0.25) is 4.90 Å². The first-order chi connectivity index (χ1) is 7.78. The molecule has 4 atom stereocenters. The molecule has 16 heavy (non-hydrogen) atoms. The lowest BCUT2D eigenvalue weighted by atomic mass is 9.95. The summed E-state index contributed by atoms with van der Waals surface area (Å²) >= 11 is 0. The van der Waals surface area contributed by atoms with E-state index in [2.05, 4.69) is 4.90 Å². The molecule has 3 rings (SSSR count). The number of piperidine rings is 1. The molecule has 3 fully saturated rings. The van der Waals surface area contributed by atoms with Crippen molar-refractivity contribution >= 4 is 0 Å². The van der Waals surface area contributed by atoms with Gasteiger partial charge in [0.1, 0.15) is 0 Å². The van der Waals surface area contributed by atoms with Gasteiger partial charge in [0.25, 0.3) is 0 Å². The van der Waals surface area contributed by atoms with Gasteiger partial charge in [-0.2, -0.15) is 0 Å². The smallest absolute Gasteiger partial charge is 0.0586 e. The van der Waals surface area contributed by atoms with Gasteiger partial charge in [0.05, 0.1) is 6.10 Å². The van der Waals surface area contributed by atoms with Gasteiger partial charge >= 0.3 is 0 Å². The molecular weight excluding hydrogens is 200 g/mol. The first-order valence-corrected chi connectivity index (χ1v) is 6.83. The van der Waals surface area contributed by atoms with Crippen molar-refractivity contribution in [3.63, 3.8) is 0 Å². The molecule has 2 heterocycles. The molecule has 2 aliphatic heterocycles. The maximum absolute atomic E-state index is 6.12. The van der Waals surface area contributed by atoms with E-state index in [9.17, 15) is 0 Å². The molecule has 2 N–H and O–H groups in total. The number of rotatable bonds is 2. The van der Waals surface area contributed by atoms with Crippen molar-refractivity contribution in [3.05, 3.63) is 0 Å². The van der Waals surface area contributed by atoms with Gasteiger partial charge in [-0.15, -0.1) is 0 Å². The number of fused-ring (bicyclic) bond motifs is 2. The quantitative estimate of drug-likeness (QED) is 0.772. The van der Waals surface area contributed by atoms with E-state index in [1.165, 1.54) is 44.9 Å². The third kappa shape index (κ3) is 1.79. The predicted molar refractivity (Wildman–Crippen MR) is 64.3 cm³/mol. The average molecular weight is 224 g/mol. The highest BCUT2D eigenvalue weighted by molar-refractivity contribution is 5.01. The van der Waals surface area contributed by atoms with E-state index in [1.807, 2.05) is 7.11 Å². The van der Waals surface area contributed by atoms with Crippen molar-refractivity contribution in [2.45, 2.75) is 75.2 Å². The van der Waals surface area contributed by atoms with Crippen LogP contribution in [-0.2, 0) is 4.74 Å². The first-order valence-electron chi connectivity index (χ1n) is 6.83. The van der Waals surface area contributed by atoms with Gasteiger partial charge in [0.2, 0.25) is 0 Å². The number of methoxy groups -OCH3 is 1. The molecule has 2 bridgehead atoms. The lowest BCUT2D eigenvalue weighted by Crippen LogP contribution is -2.51. The molecule has 92 valence electrons. The largest absolute Gasteiger partial charge is 0.381 e. The molecule has 1 aliphatic carbocycles. The molecule has 4 unspecified atom stereocenters. The SMILES string of the molecule is COC1CCC(N2C3CCC2CC(N)C3)C1. The van der Waals surface area contributed by atoms with Crippen LogP contribution in [0.4, 0.5) is 0 Å². The Morgan fingerprint density at radius 1 is 0.938 bits per heavy atom. The highest BCUT2D eigenvalue weighted by atomic mass is 16.5. The zero-order valence-electron chi connectivity index (χ0n) is 10.3. The Kier molecular flexibility index (Phi) is 2.94. The molecule has 0 radical (unpaired) electrons. The Balaban J connectivity index is 1.67. The number of hydrogen-bond acceptors (Lipinski definition) is 3. The third-order valence-electron chi connectivity index (χ3n) is 4.94. The lowest BCUT2D eigenvalue weighted by Gasteiger charge is -2.41. The summed E-state index contributed by atoms with van der Waals surface area (Å²) in [6.07, 6.45) is 9.57. The second-order valence-electron chi connectivity index (χ2n) is 5.89. The van der Waals surface area contributed by atoms with Crippen LogP contribution >= 0.6 is 0 Å². The highest BCUT2D eigenvalue weighted by Gasteiger charge is 2.44.